The second kappa shape index (κ2) is 7.11. The fourth-order valence-corrected chi connectivity index (χ4v) is 3.66. The number of rotatable bonds is 6. The molecular weight excluding hydrogens is 292 g/mol. The lowest BCUT2D eigenvalue weighted by atomic mass is 10.1. The quantitative estimate of drug-likeness (QED) is 0.795. The molecule has 118 valence electrons. The monoisotopic (exact) mass is 314 g/mol. The Hall–Kier alpha value is -1.31. The highest BCUT2D eigenvalue weighted by molar-refractivity contribution is 7.89. The van der Waals surface area contributed by atoms with Gasteiger partial charge in [-0.15, -0.1) is 0 Å². The van der Waals surface area contributed by atoms with Gasteiger partial charge in [0.25, 0.3) is 0 Å². The van der Waals surface area contributed by atoms with Crippen molar-refractivity contribution in [1.82, 2.24) is 4.31 Å². The van der Waals surface area contributed by atoms with E-state index in [1.54, 1.807) is 31.4 Å². The van der Waals surface area contributed by atoms with Crippen LogP contribution in [0.2, 0.25) is 0 Å². The Morgan fingerprint density at radius 1 is 1.29 bits per heavy atom. The van der Waals surface area contributed by atoms with Crippen molar-refractivity contribution in [2.24, 2.45) is 0 Å². The maximum atomic E-state index is 12.2. The van der Waals surface area contributed by atoms with Crippen LogP contribution in [0.3, 0.4) is 0 Å². The van der Waals surface area contributed by atoms with E-state index in [2.05, 4.69) is 0 Å². The van der Waals surface area contributed by atoms with Crippen LogP contribution >= 0.6 is 0 Å². The molecule has 1 fully saturated rings. The zero-order chi connectivity index (χ0) is 15.3. The molecule has 0 spiro atoms. The zero-order valence-corrected chi connectivity index (χ0v) is 13.0. The lowest BCUT2D eigenvalue weighted by Crippen LogP contribution is -2.42. The number of ether oxygens (including phenoxy) is 2. The summed E-state index contributed by atoms with van der Waals surface area (Å²) in [4.78, 5) is 0. The van der Waals surface area contributed by atoms with Crippen LogP contribution in [0.25, 0.3) is 0 Å². The van der Waals surface area contributed by atoms with Gasteiger partial charge >= 0.3 is 0 Å². The van der Waals surface area contributed by atoms with Gasteiger partial charge < -0.3 is 15.2 Å². The van der Waals surface area contributed by atoms with Crippen LogP contribution in [0.5, 0.6) is 5.75 Å². The molecule has 0 saturated carbocycles. The second-order valence-electron chi connectivity index (χ2n) is 5.04. The van der Waals surface area contributed by atoms with Crippen LogP contribution < -0.4 is 10.5 Å². The Labute approximate surface area is 125 Å². The highest BCUT2D eigenvalue weighted by Crippen LogP contribution is 2.20. The van der Waals surface area contributed by atoms with Gasteiger partial charge in [-0.3, -0.25) is 0 Å². The van der Waals surface area contributed by atoms with E-state index >= 15 is 0 Å². The lowest BCUT2D eigenvalue weighted by molar-refractivity contribution is 0.0604. The van der Waals surface area contributed by atoms with Gasteiger partial charge in [-0.1, -0.05) is 12.1 Å². The number of benzene rings is 1. The van der Waals surface area contributed by atoms with Gasteiger partial charge in [0.2, 0.25) is 10.0 Å². The zero-order valence-electron chi connectivity index (χ0n) is 12.2. The first-order valence-electron chi connectivity index (χ1n) is 7.01. The van der Waals surface area contributed by atoms with Gasteiger partial charge in [0, 0.05) is 20.2 Å². The SMILES string of the molecule is COC1CCN(S(=O)(=O)CCOc2ccccc2N)CC1. The molecule has 0 bridgehead atoms. The molecule has 0 aromatic heterocycles. The van der Waals surface area contributed by atoms with Gasteiger partial charge in [-0.25, -0.2) is 12.7 Å². The maximum absolute atomic E-state index is 12.2. The van der Waals surface area contributed by atoms with Crippen LogP contribution in [-0.4, -0.2) is 51.4 Å². The number of sulfonamides is 1. The minimum absolute atomic E-state index is 0.0427. The van der Waals surface area contributed by atoms with E-state index < -0.39 is 10.0 Å². The Morgan fingerprint density at radius 2 is 1.95 bits per heavy atom. The summed E-state index contributed by atoms with van der Waals surface area (Å²) in [7, 11) is -1.63. The summed E-state index contributed by atoms with van der Waals surface area (Å²) < 4.78 is 36.7. The van der Waals surface area contributed by atoms with E-state index in [9.17, 15) is 8.42 Å². The number of nitrogens with zero attached hydrogens (tertiary/aromatic N) is 1. The lowest BCUT2D eigenvalue weighted by Gasteiger charge is -2.30. The molecule has 2 N–H and O–H groups in total. The first-order valence-corrected chi connectivity index (χ1v) is 8.62. The number of piperidine rings is 1. The Bertz CT molecular complexity index is 554. The van der Waals surface area contributed by atoms with E-state index in [0.29, 0.717) is 24.5 Å². The number of methoxy groups -OCH3 is 1. The molecule has 1 saturated heterocycles. The highest BCUT2D eigenvalue weighted by Gasteiger charge is 2.27. The number of nitrogen functional groups attached to an aromatic ring is 1. The third-order valence-corrected chi connectivity index (χ3v) is 5.48. The Balaban J connectivity index is 1.83. The van der Waals surface area contributed by atoms with Crippen LogP contribution in [-0.2, 0) is 14.8 Å². The number of hydrogen-bond acceptors (Lipinski definition) is 5. The summed E-state index contributed by atoms with van der Waals surface area (Å²) in [5.74, 6) is 0.477. The second-order valence-corrected chi connectivity index (χ2v) is 7.12. The van der Waals surface area contributed by atoms with Crippen LogP contribution in [0.4, 0.5) is 5.69 Å². The molecule has 7 heteroatoms. The fourth-order valence-electron chi connectivity index (χ4n) is 2.34. The molecule has 1 heterocycles. The summed E-state index contributed by atoms with van der Waals surface area (Å²) in [6.45, 7) is 1.11. The van der Waals surface area contributed by atoms with Crippen molar-refractivity contribution in [3.05, 3.63) is 24.3 Å². The van der Waals surface area contributed by atoms with E-state index in [1.165, 1.54) is 4.31 Å². The molecule has 1 aromatic rings. The largest absolute Gasteiger partial charge is 0.490 e. The third kappa shape index (κ3) is 4.33. The van der Waals surface area contributed by atoms with Gasteiger partial charge in [-0.2, -0.15) is 0 Å². The molecule has 1 aromatic carbocycles. The fraction of sp³-hybridized carbons (Fsp3) is 0.571. The van der Waals surface area contributed by atoms with Crippen molar-refractivity contribution in [1.29, 1.82) is 0 Å². The summed E-state index contributed by atoms with van der Waals surface area (Å²) in [6.07, 6.45) is 1.64. The molecule has 0 amide bonds. The van der Waals surface area contributed by atoms with Crippen LogP contribution in [0, 0.1) is 0 Å². The average molecular weight is 314 g/mol. The third-order valence-electron chi connectivity index (χ3n) is 3.65. The van der Waals surface area contributed by atoms with Gasteiger partial charge in [0.1, 0.15) is 12.4 Å². The van der Waals surface area contributed by atoms with Crippen molar-refractivity contribution in [3.63, 3.8) is 0 Å². The molecule has 21 heavy (non-hydrogen) atoms. The number of nitrogens with two attached hydrogens (primary N) is 1. The summed E-state index contributed by atoms with van der Waals surface area (Å²) in [6, 6.07) is 7.06. The standard InChI is InChI=1S/C14H22N2O4S/c1-19-12-6-8-16(9-7-12)21(17,18)11-10-20-14-5-3-2-4-13(14)15/h2-5,12H,6-11,15H2,1H3. The number of anilines is 1. The predicted molar refractivity (Wildman–Crippen MR) is 81.7 cm³/mol. The van der Waals surface area contributed by atoms with Crippen molar-refractivity contribution in [2.75, 3.05) is 38.3 Å². The van der Waals surface area contributed by atoms with Gasteiger partial charge in [0.15, 0.2) is 0 Å². The molecule has 1 aliphatic rings. The molecule has 0 radical (unpaired) electrons. The van der Waals surface area contributed by atoms with Crippen molar-refractivity contribution >= 4 is 15.7 Å². The molecule has 2 rings (SSSR count). The molecule has 6 nitrogen and oxygen atoms in total. The molecule has 1 aliphatic heterocycles. The summed E-state index contributed by atoms with van der Waals surface area (Å²) in [5.41, 5.74) is 6.26. The molecular formula is C14H22N2O4S. The van der Waals surface area contributed by atoms with E-state index in [0.717, 1.165) is 12.8 Å². The Kier molecular flexibility index (Phi) is 5.44. The number of hydrogen-bond donors (Lipinski definition) is 1. The summed E-state index contributed by atoms with van der Waals surface area (Å²) >= 11 is 0. The predicted octanol–water partition coefficient (Wildman–Crippen LogP) is 1.09. The summed E-state index contributed by atoms with van der Waals surface area (Å²) in [5, 5.41) is 0. The van der Waals surface area contributed by atoms with Gasteiger partial charge in [-0.05, 0) is 25.0 Å². The van der Waals surface area contributed by atoms with E-state index in [-0.39, 0.29) is 18.5 Å². The maximum Gasteiger partial charge on any atom is 0.217 e. The van der Waals surface area contributed by atoms with Crippen molar-refractivity contribution in [2.45, 2.75) is 18.9 Å². The minimum Gasteiger partial charge on any atom is -0.490 e. The molecule has 0 atom stereocenters. The van der Waals surface area contributed by atoms with Crippen LogP contribution in [0.1, 0.15) is 12.8 Å². The van der Waals surface area contributed by atoms with E-state index in [4.69, 9.17) is 15.2 Å². The molecule has 0 unspecified atom stereocenters. The first-order chi connectivity index (χ1) is 10.0. The molecule has 0 aliphatic carbocycles. The van der Waals surface area contributed by atoms with Crippen molar-refractivity contribution in [3.8, 4) is 5.75 Å². The van der Waals surface area contributed by atoms with Gasteiger partial charge in [0.05, 0.1) is 17.5 Å². The number of para-hydroxylation sites is 2. The van der Waals surface area contributed by atoms with Crippen LogP contribution in [0.15, 0.2) is 24.3 Å². The smallest absolute Gasteiger partial charge is 0.217 e. The van der Waals surface area contributed by atoms with Crippen molar-refractivity contribution < 1.29 is 17.9 Å². The topological polar surface area (TPSA) is 81.9 Å². The minimum atomic E-state index is -3.29. The Morgan fingerprint density at radius 3 is 2.57 bits per heavy atom. The van der Waals surface area contributed by atoms with E-state index in [1.807, 2.05) is 0 Å². The normalized spacial score (nSPS) is 17.8. The highest BCUT2D eigenvalue weighted by atomic mass is 32.2. The average Bonchev–Trinajstić information content (AvgIpc) is 2.49. The first kappa shape index (κ1) is 16.1.